The molecule has 3 aromatic rings. The fourth-order valence-corrected chi connectivity index (χ4v) is 6.53. The number of nitrogens with zero attached hydrogens (tertiary/aromatic N) is 3. The highest BCUT2D eigenvalue weighted by Gasteiger charge is 2.45. The first-order valence-corrected chi connectivity index (χ1v) is 15.7. The van der Waals surface area contributed by atoms with Gasteiger partial charge in [0.05, 0.1) is 16.9 Å². The van der Waals surface area contributed by atoms with Crippen molar-refractivity contribution in [1.29, 1.82) is 0 Å². The van der Waals surface area contributed by atoms with E-state index in [2.05, 4.69) is 19.4 Å². The van der Waals surface area contributed by atoms with Crippen molar-refractivity contribution in [3.05, 3.63) is 78.0 Å². The first kappa shape index (κ1) is 28.9. The third-order valence-corrected chi connectivity index (χ3v) is 8.83. The second-order valence-electron chi connectivity index (χ2n) is 10.0. The van der Waals surface area contributed by atoms with Gasteiger partial charge in [0.15, 0.2) is 11.7 Å². The zero-order chi connectivity index (χ0) is 30.2. The van der Waals surface area contributed by atoms with Gasteiger partial charge in [-0.1, -0.05) is 32.0 Å². The van der Waals surface area contributed by atoms with Crippen LogP contribution in [0.5, 0.6) is 0 Å². The van der Waals surface area contributed by atoms with Crippen molar-refractivity contribution in [3.8, 4) is 0 Å². The van der Waals surface area contributed by atoms with E-state index in [9.17, 15) is 31.2 Å². The number of nitrogens with one attached hydrogen (secondary N) is 3. The Bertz CT molecular complexity index is 1840. The number of amides is 2. The number of sulfonamides is 1. The Balaban J connectivity index is 1.42. The predicted molar refractivity (Wildman–Crippen MR) is 155 cm³/mol. The molecule has 2 aliphatic heterocycles. The molecule has 15 heteroatoms. The van der Waals surface area contributed by atoms with Gasteiger partial charge in [-0.3, -0.25) is 24.0 Å². The highest BCUT2D eigenvalue weighted by molar-refractivity contribution is 7.91. The lowest BCUT2D eigenvalue weighted by atomic mass is 9.90. The van der Waals surface area contributed by atoms with Crippen LogP contribution in [0.3, 0.4) is 0 Å². The quantitative estimate of drug-likeness (QED) is 0.323. The highest BCUT2D eigenvalue weighted by atomic mass is 32.2. The predicted octanol–water partition coefficient (Wildman–Crippen LogP) is 2.57. The van der Waals surface area contributed by atoms with Crippen LogP contribution >= 0.6 is 0 Å². The van der Waals surface area contributed by atoms with E-state index in [0.29, 0.717) is 6.42 Å². The molecular weight excluding hydrogens is 584 g/mol. The van der Waals surface area contributed by atoms with Crippen LogP contribution in [0.4, 0.5) is 17.2 Å². The van der Waals surface area contributed by atoms with Gasteiger partial charge in [0.1, 0.15) is 16.5 Å². The van der Waals surface area contributed by atoms with Gasteiger partial charge in [-0.25, -0.2) is 9.71 Å². The van der Waals surface area contributed by atoms with Gasteiger partial charge >= 0.3 is 10.2 Å². The minimum atomic E-state index is -4.49. The summed E-state index contributed by atoms with van der Waals surface area (Å²) in [6, 6.07) is 14.3. The second kappa shape index (κ2) is 11.0. The summed E-state index contributed by atoms with van der Waals surface area (Å²) >= 11 is 0. The van der Waals surface area contributed by atoms with Gasteiger partial charge in [0.25, 0.3) is 15.9 Å². The van der Waals surface area contributed by atoms with Crippen molar-refractivity contribution in [2.45, 2.75) is 25.2 Å². The Morgan fingerprint density at radius 3 is 2.52 bits per heavy atom. The number of anilines is 3. The van der Waals surface area contributed by atoms with Crippen LogP contribution in [0.15, 0.2) is 76.2 Å². The molecule has 1 atom stereocenters. The largest absolute Gasteiger partial charge is 0.341 e. The van der Waals surface area contributed by atoms with E-state index >= 15 is 0 Å². The summed E-state index contributed by atoms with van der Waals surface area (Å²) in [4.78, 5) is 44.5. The minimum absolute atomic E-state index is 0.0115. The van der Waals surface area contributed by atoms with Crippen molar-refractivity contribution in [1.82, 2.24) is 9.71 Å². The maximum atomic E-state index is 13.6. The molecule has 2 aromatic carbocycles. The maximum absolute atomic E-state index is 13.6. The zero-order valence-corrected chi connectivity index (χ0v) is 24.1. The van der Waals surface area contributed by atoms with Crippen molar-refractivity contribution in [3.63, 3.8) is 0 Å². The molecule has 218 valence electrons. The first-order valence-electron chi connectivity index (χ1n) is 12.8. The average molecular weight is 611 g/mol. The lowest BCUT2D eigenvalue weighted by molar-refractivity contribution is -0.119. The Morgan fingerprint density at radius 2 is 1.81 bits per heavy atom. The molecule has 3 N–H and O–H groups in total. The van der Waals surface area contributed by atoms with Crippen molar-refractivity contribution < 1.29 is 31.2 Å². The molecule has 1 unspecified atom stereocenters. The van der Waals surface area contributed by atoms with Crippen LogP contribution < -0.4 is 19.7 Å². The number of Topliss-reactive ketones (excluding diaryl/α,β-unsaturated/α-hetero) is 1. The molecule has 5 rings (SSSR count). The molecule has 0 bridgehead atoms. The number of hydrogen-bond donors (Lipinski definition) is 3. The van der Waals surface area contributed by atoms with Gasteiger partial charge < -0.3 is 5.32 Å². The normalized spacial score (nSPS) is 17.5. The molecule has 42 heavy (non-hydrogen) atoms. The molecule has 1 aromatic heterocycles. The molecule has 0 saturated heterocycles. The molecule has 0 fully saturated rings. The van der Waals surface area contributed by atoms with Gasteiger partial charge in [0.2, 0.25) is 5.91 Å². The summed E-state index contributed by atoms with van der Waals surface area (Å²) in [6.45, 7) is 4.24. The Kier molecular flexibility index (Phi) is 7.55. The summed E-state index contributed by atoms with van der Waals surface area (Å²) in [5.74, 6) is -3.65. The summed E-state index contributed by atoms with van der Waals surface area (Å²) in [5, 5.41) is 2.78. The molecule has 13 nitrogen and oxygen atoms in total. The topological polar surface area (TPSA) is 184 Å². The lowest BCUT2D eigenvalue weighted by Gasteiger charge is -2.34. The molecule has 2 amide bonds. The van der Waals surface area contributed by atoms with Crippen molar-refractivity contribution in [2.75, 3.05) is 21.5 Å². The monoisotopic (exact) mass is 610 g/mol. The van der Waals surface area contributed by atoms with Crippen LogP contribution in [0.2, 0.25) is 0 Å². The summed E-state index contributed by atoms with van der Waals surface area (Å²) < 4.78 is 59.3. The number of fused-ring (bicyclic) bond motifs is 2. The van der Waals surface area contributed by atoms with E-state index in [-0.39, 0.29) is 46.6 Å². The molecule has 0 saturated carbocycles. The number of pyridine rings is 1. The standard InChI is InChI=1S/C27H26N6O7S2/c1-16(2)12-14-33-25-19(9-6-13-28-25)23(34)22(27(33)36)24-29-20-11-10-18(15-21(20)41(37,38)31-24)30-42(39,40)32-26(35)17-7-4-3-5-8-17/h3-11,13,15-16,22,30H,12,14H2,1-2H3,(H,29,31)(H,32,35). The third kappa shape index (κ3) is 5.73. The first-order chi connectivity index (χ1) is 19.9. The number of hydrogen-bond acceptors (Lipinski definition) is 9. The fraction of sp³-hybridized carbons (Fsp3) is 0.222. The van der Waals surface area contributed by atoms with Gasteiger partial charge in [-0.15, -0.1) is 4.40 Å². The Morgan fingerprint density at radius 1 is 1.07 bits per heavy atom. The second-order valence-corrected chi connectivity index (χ2v) is 13.0. The number of aromatic nitrogens is 1. The Hall–Kier alpha value is -4.63. The molecule has 2 aliphatic rings. The van der Waals surface area contributed by atoms with Crippen molar-refractivity contribution >= 4 is 60.9 Å². The third-order valence-electron chi connectivity index (χ3n) is 6.54. The van der Waals surface area contributed by atoms with Crippen LogP contribution in [0, 0.1) is 11.8 Å². The van der Waals surface area contributed by atoms with Gasteiger partial charge in [-0.05, 0) is 54.8 Å². The van der Waals surface area contributed by atoms with E-state index in [1.54, 1.807) is 24.3 Å². The number of carbonyl (C=O) groups is 3. The number of amidine groups is 1. The van der Waals surface area contributed by atoms with E-state index in [1.807, 2.05) is 18.6 Å². The summed E-state index contributed by atoms with van der Waals surface area (Å²) in [5.41, 5.74) is 0.0919. The number of carbonyl (C=O) groups excluding carboxylic acids is 3. The van der Waals surface area contributed by atoms with E-state index in [0.717, 1.165) is 6.07 Å². The Labute approximate surface area is 242 Å². The van der Waals surface area contributed by atoms with Crippen LogP contribution in [-0.4, -0.2) is 51.8 Å². The fourth-order valence-electron chi connectivity index (χ4n) is 4.49. The molecule has 3 heterocycles. The summed E-state index contributed by atoms with van der Waals surface area (Å²) in [7, 11) is -8.92. The zero-order valence-electron chi connectivity index (χ0n) is 22.4. The van der Waals surface area contributed by atoms with E-state index < -0.39 is 48.6 Å². The number of ketones is 1. The smallest absolute Gasteiger partial charge is 0.323 e. The van der Waals surface area contributed by atoms with E-state index in [1.165, 1.54) is 41.4 Å². The molecular formula is C27H26N6O7S2. The maximum Gasteiger partial charge on any atom is 0.323 e. The average Bonchev–Trinajstić information content (AvgIpc) is 2.93. The summed E-state index contributed by atoms with van der Waals surface area (Å²) in [6.07, 6.45) is 2.09. The van der Waals surface area contributed by atoms with Crippen LogP contribution in [0.1, 0.15) is 41.0 Å². The van der Waals surface area contributed by atoms with Crippen LogP contribution in [-0.2, 0) is 25.0 Å². The van der Waals surface area contributed by atoms with Crippen LogP contribution in [0.25, 0.3) is 0 Å². The lowest BCUT2D eigenvalue weighted by Crippen LogP contribution is -2.51. The van der Waals surface area contributed by atoms with Crippen molar-refractivity contribution in [2.24, 2.45) is 16.2 Å². The number of rotatable bonds is 8. The molecule has 0 radical (unpaired) electrons. The van der Waals surface area contributed by atoms with E-state index in [4.69, 9.17) is 0 Å². The highest BCUT2D eigenvalue weighted by Crippen LogP contribution is 2.35. The van der Waals surface area contributed by atoms with Gasteiger partial charge in [0, 0.05) is 18.3 Å². The molecule has 0 aliphatic carbocycles. The number of benzene rings is 2. The van der Waals surface area contributed by atoms with Gasteiger partial charge in [-0.2, -0.15) is 16.8 Å². The molecule has 0 spiro atoms. The minimum Gasteiger partial charge on any atom is -0.341 e. The SMILES string of the molecule is CC(C)CCN1C(=O)C(C2=NS(=O)(=O)c3cc(NS(=O)(=O)NC(=O)c4ccccc4)ccc3N2)C(=O)c2cccnc21.